The van der Waals surface area contributed by atoms with E-state index in [2.05, 4.69) is 58.4 Å². The molecule has 0 radical (unpaired) electrons. The summed E-state index contributed by atoms with van der Waals surface area (Å²) in [5.74, 6) is 0.544. The Kier molecular flexibility index (Phi) is 4.42. The zero-order chi connectivity index (χ0) is 16.7. The van der Waals surface area contributed by atoms with Gasteiger partial charge >= 0.3 is 0 Å². The fraction of sp³-hybridized carbons (Fsp3) is 0.312. The summed E-state index contributed by atoms with van der Waals surface area (Å²) in [6, 6.07) is 5.16. The molecule has 4 rings (SSSR count). The van der Waals surface area contributed by atoms with Crippen LogP contribution in [-0.4, -0.2) is 24.5 Å². The SMILES string of the molecule is Fc1ccc(-n2ncnc2Cc2cnn(C3CCC3)c2Br)c(I)c1. The normalized spacial score (nSPS) is 14.8. The van der Waals surface area contributed by atoms with Crippen molar-refractivity contribution in [2.45, 2.75) is 31.7 Å². The van der Waals surface area contributed by atoms with Crippen molar-refractivity contribution in [2.75, 3.05) is 0 Å². The van der Waals surface area contributed by atoms with E-state index in [9.17, 15) is 4.39 Å². The van der Waals surface area contributed by atoms with Crippen molar-refractivity contribution >= 4 is 38.5 Å². The van der Waals surface area contributed by atoms with Gasteiger partial charge in [-0.25, -0.2) is 14.1 Å². The third-order valence-corrected chi connectivity index (χ3v) is 6.07. The lowest BCUT2D eigenvalue weighted by molar-refractivity contribution is 0.285. The lowest BCUT2D eigenvalue weighted by Gasteiger charge is -2.26. The van der Waals surface area contributed by atoms with E-state index in [1.807, 2.05) is 6.20 Å². The average Bonchev–Trinajstić information content (AvgIpc) is 3.08. The highest BCUT2D eigenvalue weighted by Gasteiger charge is 2.24. The zero-order valence-corrected chi connectivity index (χ0v) is 16.4. The number of halogens is 3. The van der Waals surface area contributed by atoms with E-state index in [-0.39, 0.29) is 5.82 Å². The molecule has 124 valence electrons. The van der Waals surface area contributed by atoms with Gasteiger partial charge in [-0.1, -0.05) is 0 Å². The molecule has 1 saturated carbocycles. The topological polar surface area (TPSA) is 48.5 Å². The first-order valence-electron chi connectivity index (χ1n) is 7.69. The van der Waals surface area contributed by atoms with Crippen LogP contribution >= 0.6 is 38.5 Å². The van der Waals surface area contributed by atoms with Crippen LogP contribution < -0.4 is 0 Å². The Morgan fingerprint density at radius 3 is 2.83 bits per heavy atom. The van der Waals surface area contributed by atoms with Gasteiger partial charge in [0.05, 0.1) is 17.9 Å². The van der Waals surface area contributed by atoms with Gasteiger partial charge in [0.15, 0.2) is 0 Å². The number of benzene rings is 1. The van der Waals surface area contributed by atoms with Crippen LogP contribution in [0.2, 0.25) is 0 Å². The van der Waals surface area contributed by atoms with Crippen molar-refractivity contribution in [1.82, 2.24) is 24.5 Å². The highest BCUT2D eigenvalue weighted by Crippen LogP contribution is 2.35. The van der Waals surface area contributed by atoms with Gasteiger partial charge in [-0.05, 0) is 76.0 Å². The van der Waals surface area contributed by atoms with E-state index >= 15 is 0 Å². The van der Waals surface area contributed by atoms with E-state index in [1.165, 1.54) is 37.7 Å². The van der Waals surface area contributed by atoms with Crippen molar-refractivity contribution in [3.63, 3.8) is 0 Å². The molecule has 1 aliphatic carbocycles. The molecule has 0 amide bonds. The largest absolute Gasteiger partial charge is 0.255 e. The molecule has 0 unspecified atom stereocenters. The maximum atomic E-state index is 13.3. The number of hydrogen-bond donors (Lipinski definition) is 0. The van der Waals surface area contributed by atoms with Crippen LogP contribution in [0, 0.1) is 9.39 Å². The second-order valence-corrected chi connectivity index (χ2v) is 7.76. The van der Waals surface area contributed by atoms with Gasteiger partial charge in [0.25, 0.3) is 0 Å². The molecule has 2 aromatic heterocycles. The second-order valence-electron chi connectivity index (χ2n) is 5.85. The predicted octanol–water partition coefficient (Wildman–Crippen LogP) is 4.29. The van der Waals surface area contributed by atoms with E-state index in [0.29, 0.717) is 12.5 Å². The van der Waals surface area contributed by atoms with Gasteiger partial charge in [-0.2, -0.15) is 10.2 Å². The number of rotatable bonds is 4. The van der Waals surface area contributed by atoms with Crippen LogP contribution in [0.25, 0.3) is 5.69 Å². The van der Waals surface area contributed by atoms with Crippen LogP contribution in [0.4, 0.5) is 4.39 Å². The maximum Gasteiger partial charge on any atom is 0.138 e. The molecule has 0 spiro atoms. The molecule has 8 heteroatoms. The Labute approximate surface area is 160 Å². The highest BCUT2D eigenvalue weighted by molar-refractivity contribution is 14.1. The molecular formula is C16H14BrFIN5. The third-order valence-electron chi connectivity index (χ3n) is 4.33. The minimum absolute atomic E-state index is 0.255. The Balaban J connectivity index is 1.65. The fourth-order valence-corrected chi connectivity index (χ4v) is 4.13. The van der Waals surface area contributed by atoms with Crippen molar-refractivity contribution in [2.24, 2.45) is 0 Å². The van der Waals surface area contributed by atoms with E-state index in [0.717, 1.165) is 25.2 Å². The van der Waals surface area contributed by atoms with Gasteiger partial charge in [0.2, 0.25) is 0 Å². The summed E-state index contributed by atoms with van der Waals surface area (Å²) < 4.78 is 19.0. The van der Waals surface area contributed by atoms with Crippen LogP contribution in [0.3, 0.4) is 0 Å². The fourth-order valence-electron chi connectivity index (χ4n) is 2.80. The highest BCUT2D eigenvalue weighted by atomic mass is 127. The Hall–Kier alpha value is -1.29. The summed E-state index contributed by atoms with van der Waals surface area (Å²) in [6.07, 6.45) is 7.66. The van der Waals surface area contributed by atoms with Gasteiger partial charge in [-0.15, -0.1) is 0 Å². The molecule has 0 atom stereocenters. The minimum Gasteiger partial charge on any atom is -0.255 e. The summed E-state index contributed by atoms with van der Waals surface area (Å²) in [5, 5.41) is 8.82. The van der Waals surface area contributed by atoms with Crippen molar-refractivity contribution in [3.05, 3.63) is 56.1 Å². The summed E-state index contributed by atoms with van der Waals surface area (Å²) in [5.41, 5.74) is 1.90. The minimum atomic E-state index is -0.255. The molecule has 5 nitrogen and oxygen atoms in total. The number of aromatic nitrogens is 5. The molecule has 1 aliphatic rings. The van der Waals surface area contributed by atoms with E-state index < -0.39 is 0 Å². The molecule has 24 heavy (non-hydrogen) atoms. The summed E-state index contributed by atoms with van der Waals surface area (Å²) in [7, 11) is 0. The maximum absolute atomic E-state index is 13.3. The molecule has 2 heterocycles. The Morgan fingerprint density at radius 2 is 2.12 bits per heavy atom. The van der Waals surface area contributed by atoms with Crippen molar-refractivity contribution < 1.29 is 4.39 Å². The molecule has 3 aromatic rings. The molecule has 1 fully saturated rings. The van der Waals surface area contributed by atoms with Gasteiger partial charge < -0.3 is 0 Å². The molecule has 0 aliphatic heterocycles. The number of hydrogen-bond acceptors (Lipinski definition) is 3. The monoisotopic (exact) mass is 501 g/mol. The standard InChI is InChI=1S/C16H14BrFIN5/c17-16-10(8-21-23(16)12-2-1-3-12)6-15-20-9-22-24(15)14-5-4-11(18)7-13(14)19/h4-5,7-9,12H,1-3,6H2. The summed E-state index contributed by atoms with van der Waals surface area (Å²) in [6.45, 7) is 0. The smallest absolute Gasteiger partial charge is 0.138 e. The molecule has 0 bridgehead atoms. The van der Waals surface area contributed by atoms with Gasteiger partial charge in [-0.3, -0.25) is 4.68 Å². The second kappa shape index (κ2) is 6.55. The van der Waals surface area contributed by atoms with E-state index in [4.69, 9.17) is 0 Å². The van der Waals surface area contributed by atoms with Gasteiger partial charge in [0.1, 0.15) is 22.6 Å². The lowest BCUT2D eigenvalue weighted by Crippen LogP contribution is -2.18. The first-order chi connectivity index (χ1) is 11.6. The predicted molar refractivity (Wildman–Crippen MR) is 99.7 cm³/mol. The summed E-state index contributed by atoms with van der Waals surface area (Å²) >= 11 is 5.78. The average molecular weight is 502 g/mol. The first-order valence-corrected chi connectivity index (χ1v) is 9.57. The van der Waals surface area contributed by atoms with Crippen LogP contribution in [-0.2, 0) is 6.42 Å². The molecular weight excluding hydrogens is 488 g/mol. The molecule has 0 N–H and O–H groups in total. The van der Waals surface area contributed by atoms with Crippen molar-refractivity contribution in [3.8, 4) is 5.69 Å². The van der Waals surface area contributed by atoms with Crippen LogP contribution in [0.1, 0.15) is 36.7 Å². The first kappa shape index (κ1) is 16.2. The van der Waals surface area contributed by atoms with Crippen molar-refractivity contribution in [1.29, 1.82) is 0 Å². The summed E-state index contributed by atoms with van der Waals surface area (Å²) in [4.78, 5) is 4.38. The van der Waals surface area contributed by atoms with Crippen LogP contribution in [0.5, 0.6) is 0 Å². The molecule has 1 aromatic carbocycles. The Bertz CT molecular complexity index is 886. The quantitative estimate of drug-likeness (QED) is 0.501. The van der Waals surface area contributed by atoms with Crippen LogP contribution in [0.15, 0.2) is 35.3 Å². The molecule has 0 saturated heterocycles. The zero-order valence-electron chi connectivity index (χ0n) is 12.7. The number of nitrogens with zero attached hydrogens (tertiary/aromatic N) is 5. The van der Waals surface area contributed by atoms with E-state index in [1.54, 1.807) is 10.7 Å². The third kappa shape index (κ3) is 2.90. The van der Waals surface area contributed by atoms with Gasteiger partial charge in [0, 0.05) is 15.6 Å². The Morgan fingerprint density at radius 1 is 1.29 bits per heavy atom. The lowest BCUT2D eigenvalue weighted by atomic mass is 9.93.